The predicted molar refractivity (Wildman–Crippen MR) is 50.7 cm³/mol. The summed E-state index contributed by atoms with van der Waals surface area (Å²) in [7, 11) is 0. The molecule has 2 N–H and O–H groups in total. The molecule has 1 nitrogen and oxygen atoms in total. The molecule has 0 radical (unpaired) electrons. The highest BCUT2D eigenvalue weighted by molar-refractivity contribution is 7.99. The monoisotopic (exact) mass is 167 g/mol. The zero-order valence-corrected chi connectivity index (χ0v) is 7.53. The van der Waals surface area contributed by atoms with Gasteiger partial charge >= 0.3 is 0 Å². The van der Waals surface area contributed by atoms with E-state index in [1.54, 1.807) is 0 Å². The van der Waals surface area contributed by atoms with Crippen molar-refractivity contribution in [3.8, 4) is 0 Å². The molecule has 0 aliphatic rings. The van der Waals surface area contributed by atoms with Crippen molar-refractivity contribution in [1.29, 1.82) is 0 Å². The highest BCUT2D eigenvalue weighted by Gasteiger charge is 1.92. The van der Waals surface area contributed by atoms with Crippen LogP contribution >= 0.6 is 11.8 Å². The van der Waals surface area contributed by atoms with Gasteiger partial charge in [0, 0.05) is 11.4 Å². The van der Waals surface area contributed by atoms with Gasteiger partial charge < -0.3 is 5.73 Å². The van der Waals surface area contributed by atoms with Gasteiger partial charge in [0.15, 0.2) is 0 Å². The molecule has 1 aromatic carbocycles. The zero-order valence-electron chi connectivity index (χ0n) is 6.71. The molecule has 0 bridgehead atoms. The van der Waals surface area contributed by atoms with E-state index in [0.29, 0.717) is 6.54 Å². The van der Waals surface area contributed by atoms with Crippen molar-refractivity contribution in [2.75, 3.05) is 5.75 Å². The van der Waals surface area contributed by atoms with Gasteiger partial charge in [-0.05, 0) is 23.4 Å². The lowest BCUT2D eigenvalue weighted by atomic mass is 10.2. The van der Waals surface area contributed by atoms with Crippen molar-refractivity contribution in [3.63, 3.8) is 0 Å². The van der Waals surface area contributed by atoms with Gasteiger partial charge in [-0.1, -0.05) is 19.1 Å². The van der Waals surface area contributed by atoms with Crippen molar-refractivity contribution in [2.24, 2.45) is 5.73 Å². The zero-order chi connectivity index (χ0) is 8.10. The third-order valence-electron chi connectivity index (χ3n) is 1.45. The summed E-state index contributed by atoms with van der Waals surface area (Å²) in [6.45, 7) is 2.79. The fourth-order valence-electron chi connectivity index (χ4n) is 0.929. The number of hydrogen-bond donors (Lipinski definition) is 1. The summed E-state index contributed by atoms with van der Waals surface area (Å²) in [6, 6.07) is 8.38. The van der Waals surface area contributed by atoms with Gasteiger partial charge in [0.25, 0.3) is 0 Å². The lowest BCUT2D eigenvalue weighted by Crippen LogP contribution is -1.95. The molecule has 0 aliphatic carbocycles. The van der Waals surface area contributed by atoms with Crippen LogP contribution in [-0.4, -0.2) is 5.75 Å². The topological polar surface area (TPSA) is 26.0 Å². The first kappa shape index (κ1) is 8.62. The van der Waals surface area contributed by atoms with E-state index in [9.17, 15) is 0 Å². The molecule has 0 atom stereocenters. The number of benzene rings is 1. The fourth-order valence-corrected chi connectivity index (χ4v) is 1.67. The molecular weight excluding hydrogens is 154 g/mol. The Morgan fingerprint density at radius 3 is 2.91 bits per heavy atom. The summed E-state index contributed by atoms with van der Waals surface area (Å²) in [4.78, 5) is 1.32. The lowest BCUT2D eigenvalue weighted by Gasteiger charge is -2.00. The van der Waals surface area contributed by atoms with Crippen molar-refractivity contribution >= 4 is 11.8 Å². The minimum atomic E-state index is 0.637. The van der Waals surface area contributed by atoms with Crippen LogP contribution in [0.3, 0.4) is 0 Å². The summed E-state index contributed by atoms with van der Waals surface area (Å²) in [5, 5.41) is 0. The van der Waals surface area contributed by atoms with E-state index in [4.69, 9.17) is 5.73 Å². The van der Waals surface area contributed by atoms with Crippen molar-refractivity contribution in [3.05, 3.63) is 29.8 Å². The maximum Gasteiger partial charge on any atom is 0.0178 e. The van der Waals surface area contributed by atoms with Gasteiger partial charge in [-0.25, -0.2) is 0 Å². The Bertz CT molecular complexity index is 223. The van der Waals surface area contributed by atoms with Crippen LogP contribution in [0.4, 0.5) is 0 Å². The quantitative estimate of drug-likeness (QED) is 0.699. The Hall–Kier alpha value is -0.470. The van der Waals surface area contributed by atoms with Crippen LogP contribution < -0.4 is 5.73 Å². The number of nitrogens with two attached hydrogens (primary N) is 1. The number of rotatable bonds is 3. The highest BCUT2D eigenvalue weighted by Crippen LogP contribution is 2.17. The van der Waals surface area contributed by atoms with Crippen molar-refractivity contribution in [2.45, 2.75) is 18.4 Å². The van der Waals surface area contributed by atoms with Crippen LogP contribution in [0, 0.1) is 0 Å². The Morgan fingerprint density at radius 2 is 2.27 bits per heavy atom. The van der Waals surface area contributed by atoms with E-state index in [1.165, 1.54) is 10.5 Å². The molecule has 0 saturated carbocycles. The van der Waals surface area contributed by atoms with E-state index in [0.717, 1.165) is 5.75 Å². The fraction of sp³-hybridized carbons (Fsp3) is 0.333. The molecule has 1 aromatic rings. The minimum absolute atomic E-state index is 0.637. The van der Waals surface area contributed by atoms with E-state index in [-0.39, 0.29) is 0 Å². The predicted octanol–water partition coefficient (Wildman–Crippen LogP) is 2.26. The average molecular weight is 167 g/mol. The lowest BCUT2D eigenvalue weighted by molar-refractivity contribution is 1.06. The van der Waals surface area contributed by atoms with Crippen LogP contribution in [0.15, 0.2) is 29.2 Å². The molecule has 11 heavy (non-hydrogen) atoms. The third-order valence-corrected chi connectivity index (χ3v) is 2.32. The van der Waals surface area contributed by atoms with Crippen LogP contribution in [0.1, 0.15) is 12.5 Å². The molecule has 0 heterocycles. The maximum absolute atomic E-state index is 5.51. The molecular formula is C9H13NS. The second kappa shape index (κ2) is 4.42. The van der Waals surface area contributed by atoms with Crippen molar-refractivity contribution in [1.82, 2.24) is 0 Å². The van der Waals surface area contributed by atoms with Crippen LogP contribution in [-0.2, 0) is 6.54 Å². The second-order valence-electron chi connectivity index (χ2n) is 2.28. The molecule has 0 unspecified atom stereocenters. The SMILES string of the molecule is CCSc1cccc(CN)c1. The van der Waals surface area contributed by atoms with Gasteiger partial charge in [-0.15, -0.1) is 11.8 Å². The Balaban J connectivity index is 2.74. The molecule has 0 saturated heterocycles. The van der Waals surface area contributed by atoms with E-state index >= 15 is 0 Å². The van der Waals surface area contributed by atoms with E-state index in [1.807, 2.05) is 11.8 Å². The highest BCUT2D eigenvalue weighted by atomic mass is 32.2. The number of hydrogen-bond acceptors (Lipinski definition) is 2. The van der Waals surface area contributed by atoms with Gasteiger partial charge in [-0.2, -0.15) is 0 Å². The van der Waals surface area contributed by atoms with Gasteiger partial charge in [-0.3, -0.25) is 0 Å². The van der Waals surface area contributed by atoms with Crippen LogP contribution in [0.2, 0.25) is 0 Å². The van der Waals surface area contributed by atoms with Gasteiger partial charge in [0.2, 0.25) is 0 Å². The first-order valence-electron chi connectivity index (χ1n) is 3.78. The Kier molecular flexibility index (Phi) is 3.46. The molecule has 0 amide bonds. The molecule has 2 heteroatoms. The van der Waals surface area contributed by atoms with E-state index in [2.05, 4.69) is 31.2 Å². The first-order chi connectivity index (χ1) is 5.36. The standard InChI is InChI=1S/C9H13NS/c1-2-11-9-5-3-4-8(6-9)7-10/h3-6H,2,7,10H2,1H3. The molecule has 0 fully saturated rings. The molecule has 0 aliphatic heterocycles. The smallest absolute Gasteiger partial charge is 0.0178 e. The average Bonchev–Trinajstić information content (AvgIpc) is 2.06. The first-order valence-corrected chi connectivity index (χ1v) is 4.77. The van der Waals surface area contributed by atoms with Gasteiger partial charge in [0.05, 0.1) is 0 Å². The summed E-state index contributed by atoms with van der Waals surface area (Å²) >= 11 is 1.85. The summed E-state index contributed by atoms with van der Waals surface area (Å²) < 4.78 is 0. The summed E-state index contributed by atoms with van der Waals surface area (Å²) in [5.41, 5.74) is 6.72. The third kappa shape index (κ3) is 2.56. The molecule has 0 aromatic heterocycles. The Morgan fingerprint density at radius 1 is 1.45 bits per heavy atom. The normalized spacial score (nSPS) is 10.0. The summed E-state index contributed by atoms with van der Waals surface area (Å²) in [5.74, 6) is 1.12. The van der Waals surface area contributed by atoms with Crippen molar-refractivity contribution < 1.29 is 0 Å². The van der Waals surface area contributed by atoms with E-state index < -0.39 is 0 Å². The largest absolute Gasteiger partial charge is 0.326 e. The Labute approximate surface area is 72.0 Å². The molecule has 1 rings (SSSR count). The second-order valence-corrected chi connectivity index (χ2v) is 3.62. The van der Waals surface area contributed by atoms with Crippen LogP contribution in [0.25, 0.3) is 0 Å². The maximum atomic E-state index is 5.51. The minimum Gasteiger partial charge on any atom is -0.326 e. The van der Waals surface area contributed by atoms with Crippen LogP contribution in [0.5, 0.6) is 0 Å². The summed E-state index contributed by atoms with van der Waals surface area (Å²) in [6.07, 6.45) is 0. The number of thioether (sulfide) groups is 1. The van der Waals surface area contributed by atoms with Gasteiger partial charge in [0.1, 0.15) is 0 Å². The molecule has 0 spiro atoms. The molecule has 60 valence electrons.